The summed E-state index contributed by atoms with van der Waals surface area (Å²) in [5.41, 5.74) is 1.29. The second-order valence-electron chi connectivity index (χ2n) is 4.85. The SMILES string of the molecule is CC1CCCN(c2ccccc2C(=O)O)CC1. The highest BCUT2D eigenvalue weighted by Crippen LogP contribution is 2.25. The second-order valence-corrected chi connectivity index (χ2v) is 4.85. The molecule has 0 aromatic heterocycles. The zero-order valence-corrected chi connectivity index (χ0v) is 10.2. The number of nitrogens with zero attached hydrogens (tertiary/aromatic N) is 1. The molecule has 1 aromatic carbocycles. The lowest BCUT2D eigenvalue weighted by atomic mass is 10.0. The van der Waals surface area contributed by atoms with Gasteiger partial charge in [-0.25, -0.2) is 4.79 Å². The maximum absolute atomic E-state index is 11.2. The maximum atomic E-state index is 11.2. The van der Waals surface area contributed by atoms with E-state index >= 15 is 0 Å². The fraction of sp³-hybridized carbons (Fsp3) is 0.500. The third-order valence-electron chi connectivity index (χ3n) is 3.49. The number of anilines is 1. The minimum Gasteiger partial charge on any atom is -0.478 e. The van der Waals surface area contributed by atoms with Crippen molar-refractivity contribution in [2.75, 3.05) is 18.0 Å². The molecule has 0 amide bonds. The van der Waals surface area contributed by atoms with Crippen LogP contribution in [0.15, 0.2) is 24.3 Å². The predicted octanol–water partition coefficient (Wildman–Crippen LogP) is 3.01. The largest absolute Gasteiger partial charge is 0.478 e. The summed E-state index contributed by atoms with van der Waals surface area (Å²) in [6, 6.07) is 7.30. The van der Waals surface area contributed by atoms with E-state index in [9.17, 15) is 9.90 Å². The second kappa shape index (κ2) is 5.21. The Kier molecular flexibility index (Phi) is 3.67. The molecule has 0 radical (unpaired) electrons. The fourth-order valence-electron chi connectivity index (χ4n) is 2.43. The Hall–Kier alpha value is -1.51. The number of benzene rings is 1. The van der Waals surface area contributed by atoms with Crippen molar-refractivity contribution in [1.82, 2.24) is 0 Å². The van der Waals surface area contributed by atoms with E-state index in [-0.39, 0.29) is 0 Å². The number of rotatable bonds is 2. The molecule has 0 aliphatic carbocycles. The zero-order chi connectivity index (χ0) is 12.3. The third kappa shape index (κ3) is 2.78. The van der Waals surface area contributed by atoms with Crippen molar-refractivity contribution in [1.29, 1.82) is 0 Å². The molecule has 1 aliphatic heterocycles. The highest BCUT2D eigenvalue weighted by molar-refractivity contribution is 5.94. The van der Waals surface area contributed by atoms with Crippen molar-refractivity contribution >= 4 is 11.7 Å². The van der Waals surface area contributed by atoms with E-state index in [4.69, 9.17) is 0 Å². The molecule has 1 heterocycles. The topological polar surface area (TPSA) is 40.5 Å². The summed E-state index contributed by atoms with van der Waals surface area (Å²) in [4.78, 5) is 13.4. The van der Waals surface area contributed by atoms with Gasteiger partial charge in [0.25, 0.3) is 0 Å². The Morgan fingerprint density at radius 2 is 2.06 bits per heavy atom. The molecule has 1 aromatic rings. The molecule has 0 spiro atoms. The first kappa shape index (κ1) is 12.0. The van der Waals surface area contributed by atoms with E-state index < -0.39 is 5.97 Å². The van der Waals surface area contributed by atoms with E-state index in [0.29, 0.717) is 5.56 Å². The van der Waals surface area contributed by atoms with Crippen LogP contribution in [0.4, 0.5) is 5.69 Å². The van der Waals surface area contributed by atoms with Gasteiger partial charge in [-0.3, -0.25) is 0 Å². The van der Waals surface area contributed by atoms with Gasteiger partial charge in [-0.15, -0.1) is 0 Å². The first-order valence-electron chi connectivity index (χ1n) is 6.25. The number of hydrogen-bond acceptors (Lipinski definition) is 2. The lowest BCUT2D eigenvalue weighted by Crippen LogP contribution is -2.26. The van der Waals surface area contributed by atoms with Crippen molar-refractivity contribution < 1.29 is 9.90 Å². The third-order valence-corrected chi connectivity index (χ3v) is 3.49. The first-order valence-corrected chi connectivity index (χ1v) is 6.25. The Bertz CT molecular complexity index is 403. The van der Waals surface area contributed by atoms with E-state index in [1.807, 2.05) is 12.1 Å². The molecule has 3 nitrogen and oxygen atoms in total. The molecule has 2 rings (SSSR count). The summed E-state index contributed by atoms with van der Waals surface area (Å²) >= 11 is 0. The Balaban J connectivity index is 2.24. The standard InChI is InChI=1S/C14H19NO2/c1-11-5-4-9-15(10-8-11)13-7-3-2-6-12(13)14(16)17/h2-3,6-7,11H,4-5,8-10H2,1H3,(H,16,17). The molecule has 1 fully saturated rings. The molecule has 1 aliphatic rings. The van der Waals surface area contributed by atoms with Gasteiger partial charge < -0.3 is 10.0 Å². The van der Waals surface area contributed by atoms with Gasteiger partial charge in [0.05, 0.1) is 11.3 Å². The summed E-state index contributed by atoms with van der Waals surface area (Å²) < 4.78 is 0. The van der Waals surface area contributed by atoms with E-state index in [1.165, 1.54) is 6.42 Å². The Labute approximate surface area is 102 Å². The summed E-state index contributed by atoms with van der Waals surface area (Å²) in [6.45, 7) is 4.20. The van der Waals surface area contributed by atoms with Crippen molar-refractivity contribution in [3.8, 4) is 0 Å². The molecule has 0 saturated carbocycles. The quantitative estimate of drug-likeness (QED) is 0.853. The van der Waals surface area contributed by atoms with Gasteiger partial charge in [0.15, 0.2) is 0 Å². The minimum absolute atomic E-state index is 0.419. The van der Waals surface area contributed by atoms with E-state index in [0.717, 1.165) is 37.5 Å². The summed E-state index contributed by atoms with van der Waals surface area (Å²) in [7, 11) is 0. The van der Waals surface area contributed by atoms with Gasteiger partial charge >= 0.3 is 5.97 Å². The number of hydrogen-bond donors (Lipinski definition) is 1. The van der Waals surface area contributed by atoms with Gasteiger partial charge in [-0.1, -0.05) is 19.1 Å². The van der Waals surface area contributed by atoms with Crippen LogP contribution in [0.1, 0.15) is 36.5 Å². The average Bonchev–Trinajstić information content (AvgIpc) is 2.54. The first-order chi connectivity index (χ1) is 8.18. The average molecular weight is 233 g/mol. The Morgan fingerprint density at radius 1 is 1.29 bits per heavy atom. The van der Waals surface area contributed by atoms with Crippen molar-refractivity contribution in [3.63, 3.8) is 0 Å². The van der Waals surface area contributed by atoms with Gasteiger partial charge in [-0.05, 0) is 37.3 Å². The number of aromatic carboxylic acids is 1. The van der Waals surface area contributed by atoms with E-state index in [1.54, 1.807) is 12.1 Å². The monoisotopic (exact) mass is 233 g/mol. The highest BCUT2D eigenvalue weighted by atomic mass is 16.4. The van der Waals surface area contributed by atoms with Crippen LogP contribution in [0.2, 0.25) is 0 Å². The summed E-state index contributed by atoms with van der Waals surface area (Å²) in [5.74, 6) is -0.0881. The van der Waals surface area contributed by atoms with Crippen LogP contribution >= 0.6 is 0 Å². The number of carbonyl (C=O) groups is 1. The summed E-state index contributed by atoms with van der Waals surface area (Å²) in [6.07, 6.45) is 3.54. The van der Waals surface area contributed by atoms with Crippen molar-refractivity contribution in [2.45, 2.75) is 26.2 Å². The minimum atomic E-state index is -0.835. The van der Waals surface area contributed by atoms with Crippen LogP contribution in [0.5, 0.6) is 0 Å². The molecule has 92 valence electrons. The zero-order valence-electron chi connectivity index (χ0n) is 10.2. The number of carboxylic acid groups (broad SMARTS) is 1. The molecule has 1 atom stereocenters. The Morgan fingerprint density at radius 3 is 2.82 bits per heavy atom. The molecular formula is C14H19NO2. The van der Waals surface area contributed by atoms with E-state index in [2.05, 4.69) is 11.8 Å². The van der Waals surface area contributed by atoms with Gasteiger partial charge in [-0.2, -0.15) is 0 Å². The smallest absolute Gasteiger partial charge is 0.337 e. The predicted molar refractivity (Wildman–Crippen MR) is 68.6 cm³/mol. The van der Waals surface area contributed by atoms with Crippen LogP contribution < -0.4 is 4.90 Å². The number of para-hydroxylation sites is 1. The lowest BCUT2D eigenvalue weighted by Gasteiger charge is -2.24. The molecular weight excluding hydrogens is 214 g/mol. The van der Waals surface area contributed by atoms with Crippen LogP contribution in [-0.2, 0) is 0 Å². The molecule has 1 unspecified atom stereocenters. The van der Waals surface area contributed by atoms with Crippen LogP contribution in [-0.4, -0.2) is 24.2 Å². The summed E-state index contributed by atoms with van der Waals surface area (Å²) in [5, 5.41) is 9.19. The van der Waals surface area contributed by atoms with Crippen molar-refractivity contribution in [2.24, 2.45) is 5.92 Å². The molecule has 17 heavy (non-hydrogen) atoms. The molecule has 3 heteroatoms. The molecule has 1 saturated heterocycles. The molecule has 0 bridgehead atoms. The number of carboxylic acids is 1. The van der Waals surface area contributed by atoms with Crippen LogP contribution in [0.25, 0.3) is 0 Å². The van der Waals surface area contributed by atoms with Crippen LogP contribution in [0, 0.1) is 5.92 Å². The van der Waals surface area contributed by atoms with Crippen molar-refractivity contribution in [3.05, 3.63) is 29.8 Å². The maximum Gasteiger partial charge on any atom is 0.337 e. The van der Waals surface area contributed by atoms with Crippen LogP contribution in [0.3, 0.4) is 0 Å². The normalized spacial score (nSPS) is 21.0. The van der Waals surface area contributed by atoms with Gasteiger partial charge in [0.1, 0.15) is 0 Å². The molecule has 1 N–H and O–H groups in total. The fourth-order valence-corrected chi connectivity index (χ4v) is 2.43. The van der Waals surface area contributed by atoms with Gasteiger partial charge in [0, 0.05) is 13.1 Å². The van der Waals surface area contributed by atoms with Gasteiger partial charge in [0.2, 0.25) is 0 Å². The lowest BCUT2D eigenvalue weighted by molar-refractivity contribution is 0.0697. The highest BCUT2D eigenvalue weighted by Gasteiger charge is 2.18.